The second kappa shape index (κ2) is 3.08. The summed E-state index contributed by atoms with van der Waals surface area (Å²) < 4.78 is 0. The summed E-state index contributed by atoms with van der Waals surface area (Å²) in [5, 5.41) is 0. The van der Waals surface area contributed by atoms with Gasteiger partial charge in [0.1, 0.15) is 5.69 Å². The molecule has 1 amide bonds. The lowest BCUT2D eigenvalue weighted by Gasteiger charge is -1.98. The van der Waals surface area contributed by atoms with Crippen LogP contribution in [0.3, 0.4) is 0 Å². The Labute approximate surface area is 68.6 Å². The quantitative estimate of drug-likeness (QED) is 0.613. The van der Waals surface area contributed by atoms with Gasteiger partial charge in [0.2, 0.25) is 0 Å². The molecule has 12 heavy (non-hydrogen) atoms. The maximum Gasteiger partial charge on any atom is 0.269 e. The van der Waals surface area contributed by atoms with E-state index in [9.17, 15) is 9.59 Å². The van der Waals surface area contributed by atoms with E-state index >= 15 is 0 Å². The van der Waals surface area contributed by atoms with Crippen molar-refractivity contribution < 1.29 is 9.59 Å². The van der Waals surface area contributed by atoms with Gasteiger partial charge in [-0.15, -0.1) is 0 Å². The van der Waals surface area contributed by atoms with Gasteiger partial charge in [-0.05, 0) is 0 Å². The molecule has 0 spiro atoms. The van der Waals surface area contributed by atoms with E-state index in [-0.39, 0.29) is 17.2 Å². The van der Waals surface area contributed by atoms with E-state index in [0.29, 0.717) is 0 Å². The van der Waals surface area contributed by atoms with Gasteiger partial charge in [-0.1, -0.05) is 0 Å². The van der Waals surface area contributed by atoms with Gasteiger partial charge in [0.25, 0.3) is 5.91 Å². The SMILES string of the molecule is CC(=O)c1nccnc1C(N)=O. The lowest BCUT2D eigenvalue weighted by Crippen LogP contribution is -2.18. The predicted octanol–water partition coefficient (Wildman–Crippen LogP) is -0.222. The molecule has 0 atom stereocenters. The molecule has 0 aliphatic carbocycles. The Balaban J connectivity index is 3.27. The van der Waals surface area contributed by atoms with Crippen molar-refractivity contribution in [2.24, 2.45) is 5.73 Å². The topological polar surface area (TPSA) is 85.9 Å². The van der Waals surface area contributed by atoms with E-state index < -0.39 is 5.91 Å². The second-order valence-corrected chi connectivity index (χ2v) is 2.17. The summed E-state index contributed by atoms with van der Waals surface area (Å²) in [6.45, 7) is 1.30. The molecule has 0 aliphatic rings. The minimum Gasteiger partial charge on any atom is -0.364 e. The molecule has 0 bridgehead atoms. The maximum atomic E-state index is 10.9. The van der Waals surface area contributed by atoms with Crippen molar-refractivity contribution in [3.05, 3.63) is 23.8 Å². The highest BCUT2D eigenvalue weighted by Crippen LogP contribution is 2.00. The van der Waals surface area contributed by atoms with Crippen LogP contribution >= 0.6 is 0 Å². The third kappa shape index (κ3) is 1.45. The van der Waals surface area contributed by atoms with E-state index in [0.717, 1.165) is 0 Å². The van der Waals surface area contributed by atoms with E-state index in [1.807, 2.05) is 0 Å². The normalized spacial score (nSPS) is 9.42. The number of nitrogens with two attached hydrogens (primary N) is 1. The first-order valence-electron chi connectivity index (χ1n) is 3.24. The largest absolute Gasteiger partial charge is 0.364 e. The zero-order chi connectivity index (χ0) is 9.14. The fraction of sp³-hybridized carbons (Fsp3) is 0.143. The van der Waals surface area contributed by atoms with Crippen LogP contribution in [0.1, 0.15) is 27.9 Å². The smallest absolute Gasteiger partial charge is 0.269 e. The predicted molar refractivity (Wildman–Crippen MR) is 40.6 cm³/mol. The summed E-state index contributed by atoms with van der Waals surface area (Å²) in [6.07, 6.45) is 2.65. The summed E-state index contributed by atoms with van der Waals surface area (Å²) in [6, 6.07) is 0. The number of hydrogen-bond acceptors (Lipinski definition) is 4. The van der Waals surface area contributed by atoms with Crippen molar-refractivity contribution in [3.63, 3.8) is 0 Å². The number of nitrogens with zero attached hydrogens (tertiary/aromatic N) is 2. The Bertz CT molecular complexity index is 302. The Morgan fingerprint density at radius 1 is 1.25 bits per heavy atom. The zero-order valence-electron chi connectivity index (χ0n) is 6.44. The fourth-order valence-corrected chi connectivity index (χ4v) is 0.776. The Morgan fingerprint density at radius 2 is 1.75 bits per heavy atom. The van der Waals surface area contributed by atoms with Crippen molar-refractivity contribution in [2.45, 2.75) is 6.92 Å². The van der Waals surface area contributed by atoms with Gasteiger partial charge >= 0.3 is 0 Å². The third-order valence-electron chi connectivity index (χ3n) is 1.27. The minimum atomic E-state index is -0.742. The van der Waals surface area contributed by atoms with E-state index in [1.165, 1.54) is 19.3 Å². The molecule has 1 rings (SSSR count). The molecule has 0 fully saturated rings. The molecule has 5 nitrogen and oxygen atoms in total. The van der Waals surface area contributed by atoms with Crippen molar-refractivity contribution in [1.82, 2.24) is 9.97 Å². The van der Waals surface area contributed by atoms with E-state index in [2.05, 4.69) is 9.97 Å². The maximum absolute atomic E-state index is 10.9. The van der Waals surface area contributed by atoms with Crippen LogP contribution in [0.4, 0.5) is 0 Å². The molecule has 0 aliphatic heterocycles. The first-order valence-corrected chi connectivity index (χ1v) is 3.24. The van der Waals surface area contributed by atoms with Gasteiger partial charge in [-0.25, -0.2) is 9.97 Å². The number of amides is 1. The Morgan fingerprint density at radius 3 is 2.08 bits per heavy atom. The van der Waals surface area contributed by atoms with Gasteiger partial charge in [-0.3, -0.25) is 9.59 Å². The number of aromatic nitrogens is 2. The number of Topliss-reactive ketones (excluding diaryl/α,β-unsaturated/α-hetero) is 1. The lowest BCUT2D eigenvalue weighted by atomic mass is 10.2. The molecule has 0 aromatic carbocycles. The number of carbonyl (C=O) groups excluding carboxylic acids is 2. The molecule has 1 aromatic rings. The molecular formula is C7H7N3O2. The zero-order valence-corrected chi connectivity index (χ0v) is 6.44. The van der Waals surface area contributed by atoms with Gasteiger partial charge in [0.05, 0.1) is 0 Å². The van der Waals surface area contributed by atoms with Crippen LogP contribution in [-0.2, 0) is 0 Å². The highest BCUT2D eigenvalue weighted by molar-refractivity contribution is 6.03. The molecule has 0 radical (unpaired) electrons. The molecule has 0 saturated carbocycles. The van der Waals surface area contributed by atoms with Crippen LogP contribution in [0.5, 0.6) is 0 Å². The summed E-state index contributed by atoms with van der Waals surface area (Å²) >= 11 is 0. The van der Waals surface area contributed by atoms with E-state index in [4.69, 9.17) is 5.73 Å². The standard InChI is InChI=1S/C7H7N3O2/c1-4(11)5-6(7(8)12)10-3-2-9-5/h2-3H,1H3,(H2,8,12). The van der Waals surface area contributed by atoms with Crippen LogP contribution in [0.15, 0.2) is 12.4 Å². The summed E-state index contributed by atoms with van der Waals surface area (Å²) in [5.74, 6) is -1.06. The Kier molecular flexibility index (Phi) is 2.14. The number of primary amides is 1. The second-order valence-electron chi connectivity index (χ2n) is 2.17. The minimum absolute atomic E-state index is 0.0185. The average Bonchev–Trinajstić information content (AvgIpc) is 2.04. The van der Waals surface area contributed by atoms with Gasteiger partial charge in [-0.2, -0.15) is 0 Å². The van der Waals surface area contributed by atoms with Crippen molar-refractivity contribution in [1.29, 1.82) is 0 Å². The molecule has 2 N–H and O–H groups in total. The number of ketones is 1. The molecule has 5 heteroatoms. The molecular weight excluding hydrogens is 158 g/mol. The molecule has 62 valence electrons. The van der Waals surface area contributed by atoms with Crippen molar-refractivity contribution >= 4 is 11.7 Å². The molecule has 0 saturated heterocycles. The lowest BCUT2D eigenvalue weighted by molar-refractivity contribution is 0.0965. The third-order valence-corrected chi connectivity index (χ3v) is 1.27. The molecule has 0 unspecified atom stereocenters. The van der Waals surface area contributed by atoms with Crippen LogP contribution in [0, 0.1) is 0 Å². The monoisotopic (exact) mass is 165 g/mol. The highest BCUT2D eigenvalue weighted by Gasteiger charge is 2.13. The molecule has 1 aromatic heterocycles. The fourth-order valence-electron chi connectivity index (χ4n) is 0.776. The van der Waals surface area contributed by atoms with Gasteiger partial charge < -0.3 is 5.73 Å². The summed E-state index contributed by atoms with van der Waals surface area (Å²) in [7, 11) is 0. The van der Waals surface area contributed by atoms with Gasteiger partial charge in [0, 0.05) is 19.3 Å². The summed E-state index contributed by atoms with van der Waals surface area (Å²) in [5.41, 5.74) is 4.90. The van der Waals surface area contributed by atoms with Crippen molar-refractivity contribution in [2.75, 3.05) is 0 Å². The number of carbonyl (C=O) groups is 2. The van der Waals surface area contributed by atoms with E-state index in [1.54, 1.807) is 0 Å². The molecule has 1 heterocycles. The van der Waals surface area contributed by atoms with Gasteiger partial charge in [0.15, 0.2) is 11.5 Å². The van der Waals surface area contributed by atoms with Crippen LogP contribution in [-0.4, -0.2) is 21.7 Å². The van der Waals surface area contributed by atoms with Crippen molar-refractivity contribution in [3.8, 4) is 0 Å². The highest BCUT2D eigenvalue weighted by atomic mass is 16.1. The number of rotatable bonds is 2. The average molecular weight is 165 g/mol. The first kappa shape index (κ1) is 8.32. The summed E-state index contributed by atoms with van der Waals surface area (Å²) in [4.78, 5) is 28.9. The van der Waals surface area contributed by atoms with Crippen LogP contribution < -0.4 is 5.73 Å². The number of hydrogen-bond donors (Lipinski definition) is 1. The van der Waals surface area contributed by atoms with Crippen LogP contribution in [0.2, 0.25) is 0 Å². The first-order chi connectivity index (χ1) is 5.63. The Hall–Kier alpha value is -1.78. The van der Waals surface area contributed by atoms with Crippen LogP contribution in [0.25, 0.3) is 0 Å².